The van der Waals surface area contributed by atoms with Gasteiger partial charge in [-0.2, -0.15) is 0 Å². The minimum absolute atomic E-state index is 0.121. The highest BCUT2D eigenvalue weighted by Gasteiger charge is 2.24. The quantitative estimate of drug-likeness (QED) is 0.770. The van der Waals surface area contributed by atoms with Crippen molar-refractivity contribution < 1.29 is 9.18 Å². The Morgan fingerprint density at radius 1 is 1.41 bits per heavy atom. The fourth-order valence-corrected chi connectivity index (χ4v) is 2.02. The van der Waals surface area contributed by atoms with Gasteiger partial charge in [0, 0.05) is 23.7 Å². The van der Waals surface area contributed by atoms with Gasteiger partial charge in [-0.25, -0.2) is 4.39 Å². The highest BCUT2D eigenvalue weighted by molar-refractivity contribution is 6.32. The molecule has 0 fully saturated rings. The average molecular weight is 278 g/mol. The fourth-order valence-electron chi connectivity index (χ4n) is 1.54. The molecule has 0 aliphatic heterocycles. The largest absolute Gasteiger partial charge is 0.342 e. The summed E-state index contributed by atoms with van der Waals surface area (Å²) in [4.78, 5) is 13.5. The molecule has 0 N–H and O–H groups in total. The average Bonchev–Trinajstić information content (AvgIpc) is 2.32. The van der Waals surface area contributed by atoms with Crippen LogP contribution in [0.15, 0.2) is 18.2 Å². The molecule has 0 bridgehead atoms. The van der Waals surface area contributed by atoms with E-state index >= 15 is 0 Å². The number of halogens is 3. The summed E-state index contributed by atoms with van der Waals surface area (Å²) in [7, 11) is 0. The zero-order valence-corrected chi connectivity index (χ0v) is 11.2. The molecule has 0 saturated carbocycles. The van der Waals surface area contributed by atoms with Crippen LogP contribution in [0.5, 0.6) is 0 Å². The molecule has 1 atom stereocenters. The molecule has 5 heteroatoms. The van der Waals surface area contributed by atoms with Crippen molar-refractivity contribution in [3.63, 3.8) is 0 Å². The molecule has 0 spiro atoms. The van der Waals surface area contributed by atoms with Crippen LogP contribution in [0, 0.1) is 5.82 Å². The van der Waals surface area contributed by atoms with E-state index in [2.05, 4.69) is 0 Å². The Morgan fingerprint density at radius 3 is 2.53 bits per heavy atom. The molecule has 0 aliphatic carbocycles. The van der Waals surface area contributed by atoms with Crippen molar-refractivity contribution in [3.05, 3.63) is 34.6 Å². The van der Waals surface area contributed by atoms with Crippen molar-refractivity contribution in [3.8, 4) is 0 Å². The van der Waals surface area contributed by atoms with Gasteiger partial charge >= 0.3 is 0 Å². The van der Waals surface area contributed by atoms with E-state index in [1.165, 1.54) is 18.2 Å². The van der Waals surface area contributed by atoms with Gasteiger partial charge in [-0.05, 0) is 32.0 Å². The first-order chi connectivity index (χ1) is 8.01. The smallest absolute Gasteiger partial charge is 0.245 e. The van der Waals surface area contributed by atoms with Gasteiger partial charge in [0.25, 0.3) is 0 Å². The molecule has 0 heterocycles. The van der Waals surface area contributed by atoms with E-state index < -0.39 is 11.2 Å². The second kappa shape index (κ2) is 6.22. The summed E-state index contributed by atoms with van der Waals surface area (Å²) in [5, 5.41) is -0.673. The van der Waals surface area contributed by atoms with Crippen molar-refractivity contribution in [2.75, 3.05) is 13.1 Å². The molecule has 94 valence electrons. The SMILES string of the molecule is CCN(CC)C(=O)C(Cl)c1cc(Cl)ccc1F. The topological polar surface area (TPSA) is 20.3 Å². The van der Waals surface area contributed by atoms with E-state index in [1.54, 1.807) is 4.90 Å². The number of alkyl halides is 1. The number of hydrogen-bond acceptors (Lipinski definition) is 1. The molecule has 1 aromatic carbocycles. The molecule has 1 unspecified atom stereocenters. The maximum absolute atomic E-state index is 13.5. The number of benzene rings is 1. The third-order valence-electron chi connectivity index (χ3n) is 2.52. The van der Waals surface area contributed by atoms with E-state index in [1.807, 2.05) is 13.8 Å². The minimum Gasteiger partial charge on any atom is -0.342 e. The number of amides is 1. The van der Waals surface area contributed by atoms with E-state index in [4.69, 9.17) is 23.2 Å². The summed E-state index contributed by atoms with van der Waals surface area (Å²) in [5.74, 6) is -0.826. The summed E-state index contributed by atoms with van der Waals surface area (Å²) >= 11 is 11.8. The van der Waals surface area contributed by atoms with Crippen molar-refractivity contribution >= 4 is 29.1 Å². The minimum atomic E-state index is -1.03. The standard InChI is InChI=1S/C12H14Cl2FNO/c1-3-16(4-2)12(17)11(14)9-7-8(13)5-6-10(9)15/h5-7,11H,3-4H2,1-2H3. The van der Waals surface area contributed by atoms with Crippen LogP contribution < -0.4 is 0 Å². The van der Waals surface area contributed by atoms with Crippen molar-refractivity contribution in [1.29, 1.82) is 0 Å². The highest BCUT2D eigenvalue weighted by atomic mass is 35.5. The Balaban J connectivity index is 2.99. The van der Waals surface area contributed by atoms with Gasteiger partial charge in [0.2, 0.25) is 5.91 Å². The highest BCUT2D eigenvalue weighted by Crippen LogP contribution is 2.27. The Hall–Kier alpha value is -0.800. The first kappa shape index (κ1) is 14.3. The first-order valence-corrected chi connectivity index (χ1v) is 6.20. The number of rotatable bonds is 4. The molecule has 1 amide bonds. The Morgan fingerprint density at radius 2 is 2.00 bits per heavy atom. The summed E-state index contributed by atoms with van der Waals surface area (Å²) in [6.45, 7) is 4.78. The van der Waals surface area contributed by atoms with Gasteiger partial charge in [-0.15, -0.1) is 11.6 Å². The molecule has 1 rings (SSSR count). The van der Waals surface area contributed by atoms with Crippen molar-refractivity contribution in [2.45, 2.75) is 19.2 Å². The predicted molar refractivity (Wildman–Crippen MR) is 67.9 cm³/mol. The first-order valence-electron chi connectivity index (χ1n) is 5.39. The number of carbonyl (C=O) groups is 1. The fraction of sp³-hybridized carbons (Fsp3) is 0.417. The van der Waals surface area contributed by atoms with Crippen LogP contribution >= 0.6 is 23.2 Å². The van der Waals surface area contributed by atoms with Gasteiger partial charge in [0.1, 0.15) is 11.2 Å². The lowest BCUT2D eigenvalue weighted by Gasteiger charge is -2.22. The Labute approximate surface area is 110 Å². The second-order valence-corrected chi connectivity index (χ2v) is 4.41. The van der Waals surface area contributed by atoms with Gasteiger partial charge in [0.05, 0.1) is 0 Å². The van der Waals surface area contributed by atoms with Crippen LogP contribution in [0.2, 0.25) is 5.02 Å². The lowest BCUT2D eigenvalue weighted by molar-refractivity contribution is -0.130. The van der Waals surface area contributed by atoms with Crippen LogP contribution in [0.25, 0.3) is 0 Å². The van der Waals surface area contributed by atoms with Crippen LogP contribution in [0.1, 0.15) is 24.8 Å². The molecule has 0 aromatic heterocycles. The summed E-state index contributed by atoms with van der Waals surface area (Å²) < 4.78 is 13.5. The molecule has 2 nitrogen and oxygen atoms in total. The van der Waals surface area contributed by atoms with Gasteiger partial charge in [-0.1, -0.05) is 11.6 Å². The number of likely N-dealkylation sites (N-methyl/N-ethyl adjacent to an activating group) is 1. The van der Waals surface area contributed by atoms with E-state index in [-0.39, 0.29) is 11.5 Å². The van der Waals surface area contributed by atoms with Gasteiger partial charge in [0.15, 0.2) is 0 Å². The van der Waals surface area contributed by atoms with Crippen LogP contribution in [0.4, 0.5) is 4.39 Å². The van der Waals surface area contributed by atoms with E-state index in [0.717, 1.165) is 0 Å². The summed E-state index contributed by atoms with van der Waals surface area (Å²) in [5.41, 5.74) is 0.121. The molecular weight excluding hydrogens is 264 g/mol. The number of nitrogens with zero attached hydrogens (tertiary/aromatic N) is 1. The normalized spacial score (nSPS) is 12.3. The lowest BCUT2D eigenvalue weighted by atomic mass is 10.1. The molecule has 1 aromatic rings. The molecule has 0 saturated heterocycles. The molecule has 17 heavy (non-hydrogen) atoms. The second-order valence-electron chi connectivity index (χ2n) is 3.54. The molecular formula is C12H14Cl2FNO. The predicted octanol–water partition coefficient (Wildman–Crippen LogP) is 3.63. The van der Waals surface area contributed by atoms with E-state index in [0.29, 0.717) is 18.1 Å². The van der Waals surface area contributed by atoms with Gasteiger partial charge in [-0.3, -0.25) is 4.79 Å². The van der Waals surface area contributed by atoms with Gasteiger partial charge < -0.3 is 4.90 Å². The monoisotopic (exact) mass is 277 g/mol. The number of hydrogen-bond donors (Lipinski definition) is 0. The van der Waals surface area contributed by atoms with Crippen LogP contribution in [0.3, 0.4) is 0 Å². The van der Waals surface area contributed by atoms with Crippen molar-refractivity contribution in [2.24, 2.45) is 0 Å². The number of carbonyl (C=O) groups excluding carboxylic acids is 1. The molecule has 0 radical (unpaired) electrons. The van der Waals surface area contributed by atoms with E-state index in [9.17, 15) is 9.18 Å². The zero-order valence-electron chi connectivity index (χ0n) is 9.71. The summed E-state index contributed by atoms with van der Waals surface area (Å²) in [6, 6.07) is 4.02. The summed E-state index contributed by atoms with van der Waals surface area (Å²) in [6.07, 6.45) is 0. The maximum Gasteiger partial charge on any atom is 0.245 e. The maximum atomic E-state index is 13.5. The third-order valence-corrected chi connectivity index (χ3v) is 3.18. The van der Waals surface area contributed by atoms with Crippen LogP contribution in [-0.4, -0.2) is 23.9 Å². The lowest BCUT2D eigenvalue weighted by Crippen LogP contribution is -2.33. The van der Waals surface area contributed by atoms with Crippen LogP contribution in [-0.2, 0) is 4.79 Å². The van der Waals surface area contributed by atoms with Crippen molar-refractivity contribution in [1.82, 2.24) is 4.90 Å². The zero-order chi connectivity index (χ0) is 13.0. The third kappa shape index (κ3) is 3.33. The Kier molecular flexibility index (Phi) is 5.22. The molecule has 0 aliphatic rings. The Bertz CT molecular complexity index is 407.